The summed E-state index contributed by atoms with van der Waals surface area (Å²) in [6.07, 6.45) is 2.76. The molecule has 2 aliphatic rings. The normalized spacial score (nSPS) is 29.4. The fourth-order valence-corrected chi connectivity index (χ4v) is 4.50. The molecule has 2 bridgehead atoms. The van der Waals surface area contributed by atoms with Crippen LogP contribution in [0.25, 0.3) is 0 Å². The van der Waals surface area contributed by atoms with E-state index in [0.29, 0.717) is 0 Å². The lowest BCUT2D eigenvalue weighted by Crippen LogP contribution is -2.92. The van der Waals surface area contributed by atoms with Gasteiger partial charge in [-0.2, -0.15) is 0 Å². The van der Waals surface area contributed by atoms with E-state index in [9.17, 15) is 15.0 Å². The van der Waals surface area contributed by atoms with E-state index in [0.717, 1.165) is 30.4 Å². The predicted octanol–water partition coefficient (Wildman–Crippen LogP) is 2.44. The van der Waals surface area contributed by atoms with Crippen molar-refractivity contribution in [1.82, 2.24) is 0 Å². The van der Waals surface area contributed by atoms with Crippen LogP contribution in [0.4, 0.5) is 0 Å². The molecule has 4 nitrogen and oxygen atoms in total. The average Bonchev–Trinajstić information content (AvgIpc) is 2.57. The first-order valence-corrected chi connectivity index (χ1v) is 8.61. The molecule has 4 atom stereocenters. The smallest absolute Gasteiger partial charge is 0.151 e. The van der Waals surface area contributed by atoms with Crippen molar-refractivity contribution in [3.8, 4) is 11.5 Å². The molecule has 1 aliphatic carbocycles. The van der Waals surface area contributed by atoms with Crippen LogP contribution in [0.2, 0.25) is 0 Å². The zero-order chi connectivity index (χ0) is 16.7. The molecule has 0 radical (unpaired) electrons. The molecule has 4 N–H and O–H groups in total. The second kappa shape index (κ2) is 5.95. The lowest BCUT2D eigenvalue weighted by Gasteiger charge is -2.42. The second-order valence-corrected chi connectivity index (χ2v) is 6.91. The van der Waals surface area contributed by atoms with Gasteiger partial charge in [-0.25, -0.2) is 0 Å². The van der Waals surface area contributed by atoms with Crippen molar-refractivity contribution in [3.05, 3.63) is 59.7 Å². The van der Waals surface area contributed by atoms with Crippen molar-refractivity contribution in [2.24, 2.45) is 11.8 Å². The van der Waals surface area contributed by atoms with Crippen molar-refractivity contribution < 1.29 is 20.3 Å². The zero-order valence-corrected chi connectivity index (χ0v) is 13.4. The van der Waals surface area contributed by atoms with E-state index in [-0.39, 0.29) is 41.2 Å². The van der Waals surface area contributed by atoms with Crippen LogP contribution in [0.1, 0.15) is 42.5 Å². The number of rotatable bonds is 2. The van der Waals surface area contributed by atoms with E-state index in [4.69, 9.17) is 0 Å². The zero-order valence-electron chi connectivity index (χ0n) is 13.4. The summed E-state index contributed by atoms with van der Waals surface area (Å²) >= 11 is 0. The number of aromatic hydroxyl groups is 2. The molecular weight excluding hydrogens is 302 g/mol. The molecule has 4 rings (SSSR count). The van der Waals surface area contributed by atoms with Gasteiger partial charge in [0.25, 0.3) is 0 Å². The van der Waals surface area contributed by atoms with Crippen molar-refractivity contribution >= 4 is 5.78 Å². The summed E-state index contributed by atoms with van der Waals surface area (Å²) in [6, 6.07) is 14.4. The predicted molar refractivity (Wildman–Crippen MR) is 89.5 cm³/mol. The molecule has 1 heterocycles. The van der Waals surface area contributed by atoms with Crippen molar-refractivity contribution in [2.75, 3.05) is 0 Å². The summed E-state index contributed by atoms with van der Waals surface area (Å²) in [5.74, 6) is 0.654. The van der Waals surface area contributed by atoms with Crippen molar-refractivity contribution in [2.45, 2.75) is 31.3 Å². The highest BCUT2D eigenvalue weighted by Crippen LogP contribution is 2.44. The summed E-state index contributed by atoms with van der Waals surface area (Å²) in [6.45, 7) is 0. The third-order valence-electron chi connectivity index (χ3n) is 5.63. The number of fused-ring (bicyclic) bond motifs is 2. The maximum Gasteiger partial charge on any atom is 0.151 e. The van der Waals surface area contributed by atoms with Gasteiger partial charge in [0.05, 0.1) is 23.0 Å². The molecule has 0 amide bonds. The molecule has 0 unspecified atom stereocenters. The fraction of sp³-hybridized carbons (Fsp3) is 0.350. The number of phenols is 2. The quantitative estimate of drug-likeness (QED) is 0.794. The second-order valence-electron chi connectivity index (χ2n) is 6.91. The molecule has 4 heteroatoms. The number of ketones is 1. The van der Waals surface area contributed by atoms with Gasteiger partial charge in [-0.05, 0) is 37.1 Å². The molecule has 2 aromatic carbocycles. The lowest BCUT2D eigenvalue weighted by molar-refractivity contribution is -0.750. The Morgan fingerprint density at radius 1 is 0.792 bits per heavy atom. The van der Waals surface area contributed by atoms with E-state index in [1.807, 2.05) is 24.3 Å². The SMILES string of the molecule is O=C1[C@H]2CCC[C@@H]1[C@@H](c1ccccc1O)[NH2+][C@H]2c1ccccc1O. The number of carbonyl (C=O) groups is 1. The Labute approximate surface area is 141 Å². The third-order valence-corrected chi connectivity index (χ3v) is 5.63. The van der Waals surface area contributed by atoms with Crippen LogP contribution in [0.5, 0.6) is 11.5 Å². The van der Waals surface area contributed by atoms with Gasteiger partial charge in [0, 0.05) is 0 Å². The number of quaternary nitrogens is 1. The van der Waals surface area contributed by atoms with E-state index in [1.54, 1.807) is 24.3 Å². The van der Waals surface area contributed by atoms with Gasteiger partial charge in [-0.3, -0.25) is 4.79 Å². The van der Waals surface area contributed by atoms with Crippen molar-refractivity contribution in [3.63, 3.8) is 0 Å². The van der Waals surface area contributed by atoms with Crippen molar-refractivity contribution in [1.29, 1.82) is 0 Å². The topological polar surface area (TPSA) is 74.1 Å². The number of piperidine rings is 1. The van der Waals surface area contributed by atoms with Gasteiger partial charge in [-0.1, -0.05) is 30.7 Å². The molecule has 2 aromatic rings. The van der Waals surface area contributed by atoms with E-state index >= 15 is 0 Å². The number of benzene rings is 2. The number of nitrogens with two attached hydrogens (primary N) is 1. The lowest BCUT2D eigenvalue weighted by atomic mass is 9.67. The van der Waals surface area contributed by atoms with Crippen LogP contribution in [-0.2, 0) is 4.79 Å². The molecule has 2 fully saturated rings. The number of para-hydroxylation sites is 2. The fourth-order valence-electron chi connectivity index (χ4n) is 4.50. The van der Waals surface area contributed by atoms with Gasteiger partial charge in [0.1, 0.15) is 23.6 Å². The van der Waals surface area contributed by atoms with Crippen LogP contribution in [0.3, 0.4) is 0 Å². The molecule has 0 aromatic heterocycles. The Kier molecular flexibility index (Phi) is 3.77. The number of phenolic OH excluding ortho intramolecular Hbond substituents is 2. The number of hydrogen-bond donors (Lipinski definition) is 3. The summed E-state index contributed by atoms with van der Waals surface area (Å²) in [5, 5.41) is 22.7. The maximum atomic E-state index is 13.0. The van der Waals surface area contributed by atoms with Crippen LogP contribution in [0, 0.1) is 11.8 Å². The van der Waals surface area contributed by atoms with E-state index in [2.05, 4.69) is 5.32 Å². The monoisotopic (exact) mass is 324 g/mol. The molecule has 1 aliphatic heterocycles. The number of carbonyl (C=O) groups excluding carboxylic acids is 1. The van der Waals surface area contributed by atoms with Gasteiger partial charge >= 0.3 is 0 Å². The molecule has 124 valence electrons. The Balaban J connectivity index is 1.78. The number of hydrogen-bond acceptors (Lipinski definition) is 3. The molecule has 24 heavy (non-hydrogen) atoms. The largest absolute Gasteiger partial charge is 0.507 e. The minimum atomic E-state index is -0.0974. The summed E-state index contributed by atoms with van der Waals surface area (Å²) in [5.41, 5.74) is 1.63. The van der Waals surface area contributed by atoms with Gasteiger partial charge in [0.2, 0.25) is 0 Å². The first-order chi connectivity index (χ1) is 11.7. The Bertz CT molecular complexity index is 711. The number of Topliss-reactive ketones (excluding diaryl/α,β-unsaturated/α-hetero) is 1. The summed E-state index contributed by atoms with van der Waals surface area (Å²) in [7, 11) is 0. The van der Waals surface area contributed by atoms with Crippen LogP contribution in [-0.4, -0.2) is 16.0 Å². The van der Waals surface area contributed by atoms with Gasteiger partial charge in [0.15, 0.2) is 5.78 Å². The van der Waals surface area contributed by atoms with Gasteiger partial charge in [-0.15, -0.1) is 0 Å². The van der Waals surface area contributed by atoms with E-state index < -0.39 is 0 Å². The molecule has 1 saturated carbocycles. The van der Waals surface area contributed by atoms with Crippen LogP contribution < -0.4 is 5.32 Å². The highest BCUT2D eigenvalue weighted by molar-refractivity contribution is 5.86. The Hall–Kier alpha value is -2.33. The Morgan fingerprint density at radius 2 is 1.25 bits per heavy atom. The third kappa shape index (κ3) is 2.38. The van der Waals surface area contributed by atoms with Crippen LogP contribution >= 0.6 is 0 Å². The van der Waals surface area contributed by atoms with Gasteiger partial charge < -0.3 is 15.5 Å². The average molecular weight is 324 g/mol. The molecule has 1 saturated heterocycles. The van der Waals surface area contributed by atoms with Crippen LogP contribution in [0.15, 0.2) is 48.5 Å². The molecule has 0 spiro atoms. The minimum absolute atomic E-state index is 0.0563. The standard InChI is InChI=1S/C20H21NO3/c22-16-10-3-1-6-12(16)18-14-8-5-9-15(20(14)24)19(21-18)13-7-2-4-11-17(13)23/h1-4,6-7,10-11,14-15,18-19,21-23H,5,8-9H2/p+1/t14-,15+,18-,19+. The Morgan fingerprint density at radius 3 is 1.71 bits per heavy atom. The molecular formula is C20H22NO3+. The summed E-state index contributed by atoms with van der Waals surface area (Å²) in [4.78, 5) is 13.0. The first kappa shape index (κ1) is 15.2. The highest BCUT2D eigenvalue weighted by Gasteiger charge is 2.50. The summed E-state index contributed by atoms with van der Waals surface area (Å²) < 4.78 is 0. The minimum Gasteiger partial charge on any atom is -0.507 e. The highest BCUT2D eigenvalue weighted by atomic mass is 16.3. The maximum absolute atomic E-state index is 13.0. The first-order valence-electron chi connectivity index (χ1n) is 8.61. The van der Waals surface area contributed by atoms with E-state index in [1.165, 1.54) is 0 Å².